The zero-order valence-electron chi connectivity index (χ0n) is 8.71. The fourth-order valence-electron chi connectivity index (χ4n) is 0.840. The molecule has 0 amide bonds. The van der Waals surface area contributed by atoms with E-state index in [4.69, 9.17) is 5.73 Å². The number of amidine groups is 1. The average Bonchev–Trinajstić information content (AvgIpc) is 2.07. The summed E-state index contributed by atoms with van der Waals surface area (Å²) in [6.45, 7) is 6.13. The Hall–Kier alpha value is -0.830. The van der Waals surface area contributed by atoms with Crippen LogP contribution in [0, 0.1) is 5.41 Å². The molecule has 0 saturated carbocycles. The number of aliphatic imine (C=N–C) groups is 1. The minimum Gasteiger partial charge on any atom is -0.387 e. The first-order chi connectivity index (χ1) is 6.41. The highest BCUT2D eigenvalue weighted by Gasteiger charge is 2.15. The highest BCUT2D eigenvalue weighted by Crippen LogP contribution is 2.26. The van der Waals surface area contributed by atoms with Gasteiger partial charge in [-0.25, -0.2) is 4.99 Å². The van der Waals surface area contributed by atoms with Crippen molar-refractivity contribution in [1.82, 2.24) is 0 Å². The molecule has 0 bridgehead atoms. The molecule has 1 aromatic rings. The zero-order valence-corrected chi connectivity index (χ0v) is 10.3. The molecule has 0 aromatic heterocycles. The van der Waals surface area contributed by atoms with Crippen LogP contribution in [0.15, 0.2) is 33.7 Å². The van der Waals surface area contributed by atoms with Gasteiger partial charge >= 0.3 is 0 Å². The molecule has 2 N–H and O–H groups in total. The van der Waals surface area contributed by atoms with E-state index in [0.717, 1.165) is 10.2 Å². The lowest BCUT2D eigenvalue weighted by molar-refractivity contribution is 0.585. The van der Waals surface area contributed by atoms with Crippen LogP contribution in [-0.4, -0.2) is 5.84 Å². The van der Waals surface area contributed by atoms with Crippen molar-refractivity contribution in [2.75, 3.05) is 0 Å². The van der Waals surface area contributed by atoms with Crippen molar-refractivity contribution in [3.05, 3.63) is 28.7 Å². The maximum atomic E-state index is 5.88. The number of halogens is 1. The molecule has 0 fully saturated rings. The standard InChI is InChI=1S/C11H15BrN2/c1-11(2,3)10(13)14-9-7-5-4-6-8(9)12/h4-7H,1-3H3,(H2,13,14). The van der Waals surface area contributed by atoms with Crippen molar-refractivity contribution >= 4 is 27.5 Å². The Morgan fingerprint density at radius 3 is 2.36 bits per heavy atom. The first-order valence-electron chi connectivity index (χ1n) is 4.50. The molecule has 0 aliphatic rings. The van der Waals surface area contributed by atoms with Crippen molar-refractivity contribution in [1.29, 1.82) is 0 Å². The fraction of sp³-hybridized carbons (Fsp3) is 0.364. The van der Waals surface area contributed by atoms with E-state index < -0.39 is 0 Å². The molecule has 2 nitrogen and oxygen atoms in total. The molecule has 0 spiro atoms. The van der Waals surface area contributed by atoms with Gasteiger partial charge in [0.05, 0.1) is 5.69 Å². The van der Waals surface area contributed by atoms with E-state index in [0.29, 0.717) is 5.84 Å². The number of nitrogens with two attached hydrogens (primary N) is 1. The maximum Gasteiger partial charge on any atom is 0.105 e. The lowest BCUT2D eigenvalue weighted by atomic mass is 9.95. The maximum absolute atomic E-state index is 5.88. The molecule has 14 heavy (non-hydrogen) atoms. The molecule has 3 heteroatoms. The van der Waals surface area contributed by atoms with Gasteiger partial charge in [-0.15, -0.1) is 0 Å². The molecule has 0 saturated heterocycles. The highest BCUT2D eigenvalue weighted by atomic mass is 79.9. The summed E-state index contributed by atoms with van der Waals surface area (Å²) in [5.74, 6) is 0.643. The Morgan fingerprint density at radius 2 is 1.86 bits per heavy atom. The second kappa shape index (κ2) is 4.13. The Labute approximate surface area is 93.4 Å². The van der Waals surface area contributed by atoms with Crippen molar-refractivity contribution < 1.29 is 0 Å². The number of hydrogen-bond donors (Lipinski definition) is 1. The predicted molar refractivity (Wildman–Crippen MR) is 64.9 cm³/mol. The summed E-state index contributed by atoms with van der Waals surface area (Å²) < 4.78 is 0.965. The first kappa shape index (κ1) is 11.2. The van der Waals surface area contributed by atoms with Crippen molar-refractivity contribution in [3.63, 3.8) is 0 Å². The minimum atomic E-state index is -0.0880. The molecular weight excluding hydrogens is 240 g/mol. The Morgan fingerprint density at radius 1 is 1.29 bits per heavy atom. The topological polar surface area (TPSA) is 38.4 Å². The quantitative estimate of drug-likeness (QED) is 0.605. The van der Waals surface area contributed by atoms with Crippen LogP contribution in [0.3, 0.4) is 0 Å². The summed E-state index contributed by atoms with van der Waals surface area (Å²) in [4.78, 5) is 4.38. The summed E-state index contributed by atoms with van der Waals surface area (Å²) >= 11 is 3.43. The van der Waals surface area contributed by atoms with Crippen LogP contribution in [-0.2, 0) is 0 Å². The van der Waals surface area contributed by atoms with Gasteiger partial charge in [0.25, 0.3) is 0 Å². The summed E-state index contributed by atoms with van der Waals surface area (Å²) in [5, 5.41) is 0. The molecule has 0 heterocycles. The molecule has 76 valence electrons. The molecule has 0 aliphatic carbocycles. The normalized spacial score (nSPS) is 13.0. The van der Waals surface area contributed by atoms with E-state index >= 15 is 0 Å². The van der Waals surface area contributed by atoms with Crippen LogP contribution in [0.1, 0.15) is 20.8 Å². The Balaban J connectivity index is 3.04. The van der Waals surface area contributed by atoms with E-state index in [1.54, 1.807) is 0 Å². The van der Waals surface area contributed by atoms with E-state index in [-0.39, 0.29) is 5.41 Å². The number of benzene rings is 1. The SMILES string of the molecule is CC(C)(C)C(N)=Nc1ccccc1Br. The molecule has 0 unspecified atom stereocenters. The van der Waals surface area contributed by atoms with Crippen molar-refractivity contribution in [2.45, 2.75) is 20.8 Å². The molecule has 0 radical (unpaired) electrons. The summed E-state index contributed by atoms with van der Waals surface area (Å²) in [5.41, 5.74) is 6.67. The molecule has 0 atom stereocenters. The van der Waals surface area contributed by atoms with E-state index in [2.05, 4.69) is 20.9 Å². The fourth-order valence-corrected chi connectivity index (χ4v) is 1.21. The number of nitrogens with zero attached hydrogens (tertiary/aromatic N) is 1. The lowest BCUT2D eigenvalue weighted by Crippen LogP contribution is -2.28. The third kappa shape index (κ3) is 2.84. The number of para-hydroxylation sites is 1. The Kier molecular flexibility index (Phi) is 3.32. The van der Waals surface area contributed by atoms with Crippen molar-refractivity contribution in [3.8, 4) is 0 Å². The van der Waals surface area contributed by atoms with Crippen LogP contribution in [0.5, 0.6) is 0 Å². The van der Waals surface area contributed by atoms with Gasteiger partial charge in [-0.3, -0.25) is 0 Å². The van der Waals surface area contributed by atoms with Gasteiger partial charge in [-0.1, -0.05) is 32.9 Å². The third-order valence-electron chi connectivity index (χ3n) is 1.86. The number of rotatable bonds is 1. The predicted octanol–water partition coefficient (Wildman–Crippen LogP) is 3.48. The van der Waals surface area contributed by atoms with Crippen LogP contribution in [0.2, 0.25) is 0 Å². The lowest BCUT2D eigenvalue weighted by Gasteiger charge is -2.17. The van der Waals surface area contributed by atoms with Crippen LogP contribution in [0.4, 0.5) is 5.69 Å². The second-order valence-corrected chi connectivity index (χ2v) is 5.05. The van der Waals surface area contributed by atoms with Gasteiger partial charge in [-0.2, -0.15) is 0 Å². The summed E-state index contributed by atoms with van der Waals surface area (Å²) in [7, 11) is 0. The van der Waals surface area contributed by atoms with Crippen LogP contribution < -0.4 is 5.73 Å². The van der Waals surface area contributed by atoms with Crippen LogP contribution in [0.25, 0.3) is 0 Å². The van der Waals surface area contributed by atoms with Crippen LogP contribution >= 0.6 is 15.9 Å². The third-order valence-corrected chi connectivity index (χ3v) is 2.53. The van der Waals surface area contributed by atoms with Gasteiger partial charge in [0.1, 0.15) is 5.84 Å². The van der Waals surface area contributed by atoms with E-state index in [1.807, 2.05) is 45.0 Å². The van der Waals surface area contributed by atoms with Gasteiger partial charge in [-0.05, 0) is 28.1 Å². The van der Waals surface area contributed by atoms with Crippen molar-refractivity contribution in [2.24, 2.45) is 16.1 Å². The van der Waals surface area contributed by atoms with Gasteiger partial charge in [0.15, 0.2) is 0 Å². The zero-order chi connectivity index (χ0) is 10.8. The first-order valence-corrected chi connectivity index (χ1v) is 5.30. The summed E-state index contributed by atoms with van der Waals surface area (Å²) in [6.07, 6.45) is 0. The largest absolute Gasteiger partial charge is 0.387 e. The second-order valence-electron chi connectivity index (χ2n) is 4.20. The van der Waals surface area contributed by atoms with E-state index in [9.17, 15) is 0 Å². The minimum absolute atomic E-state index is 0.0880. The average molecular weight is 255 g/mol. The monoisotopic (exact) mass is 254 g/mol. The van der Waals surface area contributed by atoms with Gasteiger partial charge in [0, 0.05) is 9.89 Å². The molecular formula is C11H15BrN2. The van der Waals surface area contributed by atoms with E-state index in [1.165, 1.54) is 0 Å². The number of hydrogen-bond acceptors (Lipinski definition) is 1. The molecule has 1 rings (SSSR count). The van der Waals surface area contributed by atoms with Gasteiger partial charge in [0.2, 0.25) is 0 Å². The smallest absolute Gasteiger partial charge is 0.105 e. The highest BCUT2D eigenvalue weighted by molar-refractivity contribution is 9.10. The molecule has 0 aliphatic heterocycles. The molecule has 1 aromatic carbocycles. The summed E-state index contributed by atoms with van der Waals surface area (Å²) in [6, 6.07) is 7.79. The van der Waals surface area contributed by atoms with Gasteiger partial charge < -0.3 is 5.73 Å². The Bertz CT molecular complexity index is 351.